The van der Waals surface area contributed by atoms with E-state index in [1.54, 1.807) is 0 Å². The second kappa shape index (κ2) is 11.6. The third-order valence-electron chi connectivity index (χ3n) is 6.01. The van der Waals surface area contributed by atoms with Gasteiger partial charge in [-0.2, -0.15) is 0 Å². The van der Waals surface area contributed by atoms with Crippen LogP contribution in [-0.2, 0) is 6.54 Å². The van der Waals surface area contributed by atoms with E-state index in [4.69, 9.17) is 0 Å². The van der Waals surface area contributed by atoms with E-state index in [9.17, 15) is 4.79 Å². The molecule has 2 aromatic rings. The van der Waals surface area contributed by atoms with Crippen LogP contribution < -0.4 is 5.32 Å². The van der Waals surface area contributed by atoms with Gasteiger partial charge in [-0.3, -0.25) is 9.69 Å². The highest BCUT2D eigenvalue weighted by Crippen LogP contribution is 2.20. The maximum absolute atomic E-state index is 13.0. The number of likely N-dealkylation sites (tertiary alicyclic amines) is 1. The molecule has 7 nitrogen and oxygen atoms in total. The van der Waals surface area contributed by atoms with Gasteiger partial charge in [0.1, 0.15) is 0 Å². The third kappa shape index (κ3) is 5.94. The minimum atomic E-state index is -0.0215. The van der Waals surface area contributed by atoms with Gasteiger partial charge in [0.05, 0.1) is 12.2 Å². The summed E-state index contributed by atoms with van der Waals surface area (Å²) in [6.07, 6.45) is 6.04. The summed E-state index contributed by atoms with van der Waals surface area (Å²) in [4.78, 5) is 17.3. The number of aromatic nitrogens is 3. The molecule has 1 atom stereocenters. The molecule has 30 heavy (non-hydrogen) atoms. The summed E-state index contributed by atoms with van der Waals surface area (Å²) in [6.45, 7) is 4.91. The quantitative estimate of drug-likeness (QED) is 0.751. The second-order valence-corrected chi connectivity index (χ2v) is 8.00. The molecule has 1 aromatic carbocycles. The number of rotatable bonds is 5. The Bertz CT molecular complexity index is 781. The fourth-order valence-electron chi connectivity index (χ4n) is 4.30. The first-order valence-electron chi connectivity index (χ1n) is 10.4. The first-order chi connectivity index (χ1) is 13.7. The van der Waals surface area contributed by atoms with Crippen LogP contribution in [0.3, 0.4) is 0 Å². The summed E-state index contributed by atoms with van der Waals surface area (Å²) in [5, 5.41) is 11.8. The van der Waals surface area contributed by atoms with Crippen molar-refractivity contribution >= 4 is 30.7 Å². The van der Waals surface area contributed by atoms with Gasteiger partial charge in [-0.1, -0.05) is 35.5 Å². The topological polar surface area (TPSA) is 66.3 Å². The Morgan fingerprint density at radius 3 is 2.63 bits per heavy atom. The number of amides is 1. The SMILES string of the molecule is CN(C(=O)c1cn(C2CCNCC2)nn1)C1CCCN(Cc2ccccc2)C1.Cl.Cl. The lowest BCUT2D eigenvalue weighted by atomic mass is 10.0. The molecule has 2 fully saturated rings. The Balaban J connectivity index is 0.00000160. The molecular weight excluding hydrogens is 423 g/mol. The van der Waals surface area contributed by atoms with Gasteiger partial charge < -0.3 is 10.2 Å². The Morgan fingerprint density at radius 1 is 1.17 bits per heavy atom. The van der Waals surface area contributed by atoms with Crippen LogP contribution in [0.2, 0.25) is 0 Å². The lowest BCUT2D eigenvalue weighted by molar-refractivity contribution is 0.0603. The largest absolute Gasteiger partial charge is 0.336 e. The summed E-state index contributed by atoms with van der Waals surface area (Å²) in [5.41, 5.74) is 1.78. The van der Waals surface area contributed by atoms with E-state index in [1.165, 1.54) is 5.56 Å². The van der Waals surface area contributed by atoms with Gasteiger partial charge in [-0.25, -0.2) is 4.68 Å². The Morgan fingerprint density at radius 2 is 1.90 bits per heavy atom. The van der Waals surface area contributed by atoms with Crippen molar-refractivity contribution in [3.63, 3.8) is 0 Å². The molecule has 2 saturated heterocycles. The van der Waals surface area contributed by atoms with Crippen LogP contribution in [0, 0.1) is 0 Å². The minimum Gasteiger partial charge on any atom is -0.336 e. The lowest BCUT2D eigenvalue weighted by Crippen LogP contribution is -2.48. The molecule has 0 saturated carbocycles. The van der Waals surface area contributed by atoms with E-state index >= 15 is 0 Å². The maximum atomic E-state index is 13.0. The van der Waals surface area contributed by atoms with Crippen LogP contribution in [-0.4, -0.2) is 70.0 Å². The van der Waals surface area contributed by atoms with E-state index in [-0.39, 0.29) is 36.8 Å². The minimum absolute atomic E-state index is 0. The Kier molecular flexibility index (Phi) is 9.55. The molecule has 0 bridgehead atoms. The number of halogens is 2. The van der Waals surface area contributed by atoms with Crippen LogP contribution in [0.15, 0.2) is 36.5 Å². The Hall–Kier alpha value is -1.67. The van der Waals surface area contributed by atoms with Crippen molar-refractivity contribution in [1.29, 1.82) is 0 Å². The van der Waals surface area contributed by atoms with Gasteiger partial charge in [0, 0.05) is 26.2 Å². The summed E-state index contributed by atoms with van der Waals surface area (Å²) >= 11 is 0. The van der Waals surface area contributed by atoms with Crippen molar-refractivity contribution in [2.45, 2.75) is 44.3 Å². The predicted molar refractivity (Wildman–Crippen MR) is 122 cm³/mol. The summed E-state index contributed by atoms with van der Waals surface area (Å²) in [5.74, 6) is -0.0215. The zero-order valence-corrected chi connectivity index (χ0v) is 19.1. The van der Waals surface area contributed by atoms with Crippen molar-refractivity contribution in [1.82, 2.24) is 30.1 Å². The molecular formula is C21H32Cl2N6O. The molecule has 2 aliphatic rings. The van der Waals surface area contributed by atoms with Gasteiger partial charge in [0.25, 0.3) is 5.91 Å². The van der Waals surface area contributed by atoms with Gasteiger partial charge in [0.2, 0.25) is 0 Å². The summed E-state index contributed by atoms with van der Waals surface area (Å²) in [7, 11) is 1.91. The number of piperidine rings is 2. The molecule has 1 aromatic heterocycles. The highest BCUT2D eigenvalue weighted by Gasteiger charge is 2.28. The third-order valence-corrected chi connectivity index (χ3v) is 6.01. The van der Waals surface area contributed by atoms with Gasteiger partial charge in [-0.15, -0.1) is 29.9 Å². The molecule has 1 unspecified atom stereocenters. The average Bonchev–Trinajstić information content (AvgIpc) is 3.24. The number of nitrogens with zero attached hydrogens (tertiary/aromatic N) is 5. The lowest BCUT2D eigenvalue weighted by Gasteiger charge is -2.37. The molecule has 0 spiro atoms. The van der Waals surface area contributed by atoms with Gasteiger partial charge in [0.15, 0.2) is 5.69 Å². The van der Waals surface area contributed by atoms with Crippen molar-refractivity contribution in [2.24, 2.45) is 0 Å². The van der Waals surface area contributed by atoms with Crippen LogP contribution >= 0.6 is 24.8 Å². The van der Waals surface area contributed by atoms with E-state index in [0.29, 0.717) is 11.7 Å². The van der Waals surface area contributed by atoms with Crippen LogP contribution in [0.5, 0.6) is 0 Å². The molecule has 9 heteroatoms. The van der Waals surface area contributed by atoms with Gasteiger partial charge in [-0.05, 0) is 50.9 Å². The molecule has 3 heterocycles. The molecule has 0 aliphatic carbocycles. The van der Waals surface area contributed by atoms with E-state index in [2.05, 4.69) is 44.8 Å². The summed E-state index contributed by atoms with van der Waals surface area (Å²) < 4.78 is 1.88. The Labute approximate surface area is 191 Å². The number of likely N-dealkylation sites (N-methyl/N-ethyl adjacent to an activating group) is 1. The number of hydrogen-bond acceptors (Lipinski definition) is 5. The second-order valence-electron chi connectivity index (χ2n) is 8.00. The fourth-order valence-corrected chi connectivity index (χ4v) is 4.30. The summed E-state index contributed by atoms with van der Waals surface area (Å²) in [6, 6.07) is 11.1. The smallest absolute Gasteiger partial charge is 0.276 e. The number of nitrogens with one attached hydrogen (secondary N) is 1. The maximum Gasteiger partial charge on any atom is 0.276 e. The van der Waals surface area contributed by atoms with E-state index < -0.39 is 0 Å². The molecule has 4 rings (SSSR count). The standard InChI is InChI=1S/C21H30N6O.2ClH/c1-25(19-8-5-13-26(15-19)14-17-6-3-2-4-7-17)21(28)20-16-27(24-23-20)18-9-11-22-12-10-18;;/h2-4,6-7,16,18-19,22H,5,8-15H2,1H3;2*1H. The van der Waals surface area contributed by atoms with Crippen molar-refractivity contribution in [2.75, 3.05) is 33.2 Å². The zero-order valence-electron chi connectivity index (χ0n) is 17.4. The number of benzene rings is 1. The normalized spacial score (nSPS) is 20.1. The molecule has 1 amide bonds. The molecule has 2 aliphatic heterocycles. The van der Waals surface area contributed by atoms with Crippen LogP contribution in [0.1, 0.15) is 47.8 Å². The first kappa shape index (κ1) is 24.6. The van der Waals surface area contributed by atoms with E-state index in [0.717, 1.165) is 58.4 Å². The van der Waals surface area contributed by atoms with Crippen molar-refractivity contribution in [3.05, 3.63) is 47.8 Å². The highest BCUT2D eigenvalue weighted by atomic mass is 35.5. The number of carbonyl (C=O) groups is 1. The average molecular weight is 455 g/mol. The number of hydrogen-bond donors (Lipinski definition) is 1. The van der Waals surface area contributed by atoms with Gasteiger partial charge >= 0.3 is 0 Å². The van der Waals surface area contributed by atoms with Crippen molar-refractivity contribution < 1.29 is 4.79 Å². The highest BCUT2D eigenvalue weighted by molar-refractivity contribution is 5.92. The predicted octanol–water partition coefficient (Wildman–Crippen LogP) is 2.78. The molecule has 1 N–H and O–H groups in total. The first-order valence-corrected chi connectivity index (χ1v) is 10.4. The zero-order chi connectivity index (χ0) is 19.3. The molecule has 0 radical (unpaired) electrons. The van der Waals surface area contributed by atoms with E-state index in [1.807, 2.05) is 28.9 Å². The van der Waals surface area contributed by atoms with Crippen molar-refractivity contribution in [3.8, 4) is 0 Å². The fraction of sp³-hybridized carbons (Fsp3) is 0.571. The molecule has 166 valence electrons. The monoisotopic (exact) mass is 454 g/mol. The number of carbonyl (C=O) groups excluding carboxylic acids is 1. The van der Waals surface area contributed by atoms with Crippen LogP contribution in [0.25, 0.3) is 0 Å². The van der Waals surface area contributed by atoms with Crippen LogP contribution in [0.4, 0.5) is 0 Å².